The second-order valence-electron chi connectivity index (χ2n) is 5.32. The fourth-order valence-corrected chi connectivity index (χ4v) is 2.96. The number of hydrogen-bond donors (Lipinski definition) is 1. The van der Waals surface area contributed by atoms with Crippen molar-refractivity contribution < 1.29 is 18.9 Å². The van der Waals surface area contributed by atoms with Gasteiger partial charge in [-0.15, -0.1) is 6.58 Å². The number of benzene rings is 1. The first kappa shape index (κ1) is 17.6. The monoisotopic (exact) mass is 417 g/mol. The van der Waals surface area contributed by atoms with E-state index in [-0.39, 0.29) is 17.9 Å². The molecular formula is C17H12BrN3O5. The minimum absolute atomic E-state index is 0.0453. The number of amides is 3. The van der Waals surface area contributed by atoms with Gasteiger partial charge in [-0.2, -0.15) is 0 Å². The first-order valence-corrected chi connectivity index (χ1v) is 8.19. The number of carbonyl (C=O) groups excluding carboxylic acids is 2. The molecule has 3 rings (SSSR count). The SMILES string of the molecule is C=CCN1C(=O)N/C(=C\c2ccc(-c3ccc([N+](=O)[O-])cc3Br)o2)C1=O. The van der Waals surface area contributed by atoms with E-state index in [4.69, 9.17) is 4.42 Å². The van der Waals surface area contributed by atoms with E-state index in [0.717, 1.165) is 4.90 Å². The number of rotatable bonds is 5. The van der Waals surface area contributed by atoms with Crippen LogP contribution in [0, 0.1) is 10.1 Å². The van der Waals surface area contributed by atoms with Gasteiger partial charge in [-0.25, -0.2) is 4.79 Å². The molecule has 3 amide bonds. The van der Waals surface area contributed by atoms with E-state index in [9.17, 15) is 19.7 Å². The Kier molecular flexibility index (Phi) is 4.72. The fourth-order valence-electron chi connectivity index (χ4n) is 2.40. The van der Waals surface area contributed by atoms with Gasteiger partial charge in [0, 0.05) is 34.8 Å². The summed E-state index contributed by atoms with van der Waals surface area (Å²) in [6, 6.07) is 7.09. The lowest BCUT2D eigenvalue weighted by molar-refractivity contribution is -0.384. The van der Waals surface area contributed by atoms with E-state index < -0.39 is 16.9 Å². The Bertz CT molecular complexity index is 963. The normalized spacial score (nSPS) is 15.4. The summed E-state index contributed by atoms with van der Waals surface area (Å²) in [6.45, 7) is 3.62. The van der Waals surface area contributed by atoms with Gasteiger partial charge in [0.2, 0.25) is 0 Å². The highest BCUT2D eigenvalue weighted by atomic mass is 79.9. The van der Waals surface area contributed by atoms with Crippen LogP contribution < -0.4 is 5.32 Å². The van der Waals surface area contributed by atoms with Crippen LogP contribution in [0.15, 0.2) is 57.6 Å². The molecule has 1 N–H and O–H groups in total. The zero-order valence-corrected chi connectivity index (χ0v) is 14.9. The predicted molar refractivity (Wildman–Crippen MR) is 96.9 cm³/mol. The molecule has 26 heavy (non-hydrogen) atoms. The van der Waals surface area contributed by atoms with Crippen molar-refractivity contribution in [2.75, 3.05) is 6.54 Å². The van der Waals surface area contributed by atoms with Crippen molar-refractivity contribution in [1.29, 1.82) is 0 Å². The lowest BCUT2D eigenvalue weighted by Crippen LogP contribution is -2.30. The highest BCUT2D eigenvalue weighted by Gasteiger charge is 2.32. The van der Waals surface area contributed by atoms with Crippen LogP contribution in [0.5, 0.6) is 0 Å². The molecule has 1 aromatic carbocycles. The summed E-state index contributed by atoms with van der Waals surface area (Å²) in [6.07, 6.45) is 2.88. The van der Waals surface area contributed by atoms with Crippen LogP contribution in [0.25, 0.3) is 17.4 Å². The van der Waals surface area contributed by atoms with Gasteiger partial charge in [-0.05, 0) is 34.1 Å². The molecule has 0 atom stereocenters. The quantitative estimate of drug-likeness (QED) is 0.262. The molecule has 1 aromatic heterocycles. The third kappa shape index (κ3) is 3.29. The van der Waals surface area contributed by atoms with Gasteiger partial charge in [0.15, 0.2) is 0 Å². The highest BCUT2D eigenvalue weighted by molar-refractivity contribution is 9.10. The number of nitrogens with zero attached hydrogens (tertiary/aromatic N) is 2. The number of carbonyl (C=O) groups is 2. The second-order valence-corrected chi connectivity index (χ2v) is 6.17. The van der Waals surface area contributed by atoms with Gasteiger partial charge in [-0.1, -0.05) is 6.08 Å². The molecular weight excluding hydrogens is 406 g/mol. The number of hydrogen-bond acceptors (Lipinski definition) is 5. The molecule has 1 fully saturated rings. The average molecular weight is 418 g/mol. The number of urea groups is 1. The number of imide groups is 1. The summed E-state index contributed by atoms with van der Waals surface area (Å²) >= 11 is 3.29. The molecule has 0 saturated carbocycles. The highest BCUT2D eigenvalue weighted by Crippen LogP contribution is 2.33. The summed E-state index contributed by atoms with van der Waals surface area (Å²) < 4.78 is 6.18. The largest absolute Gasteiger partial charge is 0.457 e. The number of nitro benzene ring substituents is 1. The van der Waals surface area contributed by atoms with Crippen molar-refractivity contribution in [3.63, 3.8) is 0 Å². The Morgan fingerprint density at radius 1 is 1.31 bits per heavy atom. The van der Waals surface area contributed by atoms with Gasteiger partial charge in [-0.3, -0.25) is 19.8 Å². The molecule has 1 saturated heterocycles. The van der Waals surface area contributed by atoms with Crippen LogP contribution in [-0.2, 0) is 4.79 Å². The third-order valence-corrected chi connectivity index (χ3v) is 4.27. The van der Waals surface area contributed by atoms with E-state index in [1.807, 2.05) is 0 Å². The number of nitro groups is 1. The molecule has 1 aliphatic rings. The molecule has 2 heterocycles. The summed E-state index contributed by atoms with van der Waals surface area (Å²) in [7, 11) is 0. The standard InChI is InChI=1S/C17H12BrN3O5/c1-2-7-20-16(22)14(19-17(20)23)9-11-4-6-15(26-11)12-5-3-10(21(24)25)8-13(12)18/h2-6,8-9H,1,7H2,(H,19,23)/b14-9-. The Morgan fingerprint density at radius 2 is 2.08 bits per heavy atom. The van der Waals surface area contributed by atoms with Gasteiger partial charge in [0.25, 0.3) is 11.6 Å². The van der Waals surface area contributed by atoms with Crippen LogP contribution in [-0.4, -0.2) is 28.3 Å². The molecule has 0 radical (unpaired) electrons. The van der Waals surface area contributed by atoms with Gasteiger partial charge in [0.1, 0.15) is 17.2 Å². The van der Waals surface area contributed by atoms with Gasteiger partial charge in [0.05, 0.1) is 4.92 Å². The maximum Gasteiger partial charge on any atom is 0.329 e. The second kappa shape index (κ2) is 6.96. The minimum atomic E-state index is -0.522. The van der Waals surface area contributed by atoms with Crippen LogP contribution in [0.3, 0.4) is 0 Å². The maximum atomic E-state index is 12.2. The molecule has 132 valence electrons. The lowest BCUT2D eigenvalue weighted by Gasteiger charge is -2.06. The molecule has 0 spiro atoms. The van der Waals surface area contributed by atoms with Crippen LogP contribution in [0.4, 0.5) is 10.5 Å². The van der Waals surface area contributed by atoms with E-state index in [0.29, 0.717) is 21.6 Å². The first-order valence-electron chi connectivity index (χ1n) is 7.40. The molecule has 2 aromatic rings. The number of furan rings is 1. The summed E-state index contributed by atoms with van der Waals surface area (Å²) in [4.78, 5) is 35.2. The smallest absolute Gasteiger partial charge is 0.329 e. The van der Waals surface area contributed by atoms with Gasteiger partial charge >= 0.3 is 6.03 Å². The van der Waals surface area contributed by atoms with E-state index in [2.05, 4.69) is 27.8 Å². The lowest BCUT2D eigenvalue weighted by atomic mass is 10.1. The molecule has 9 heteroatoms. The predicted octanol–water partition coefficient (Wildman–Crippen LogP) is 3.70. The topological polar surface area (TPSA) is 106 Å². The van der Waals surface area contributed by atoms with Gasteiger partial charge < -0.3 is 9.73 Å². The summed E-state index contributed by atoms with van der Waals surface area (Å²) in [5.41, 5.74) is 0.673. The molecule has 8 nitrogen and oxygen atoms in total. The molecule has 0 unspecified atom stereocenters. The van der Waals surface area contributed by atoms with E-state index in [1.165, 1.54) is 24.3 Å². The zero-order valence-electron chi connectivity index (χ0n) is 13.3. The van der Waals surface area contributed by atoms with E-state index >= 15 is 0 Å². The molecule has 0 bridgehead atoms. The van der Waals surface area contributed by atoms with Crippen molar-refractivity contribution in [2.45, 2.75) is 0 Å². The van der Waals surface area contributed by atoms with Crippen molar-refractivity contribution in [1.82, 2.24) is 10.2 Å². The summed E-state index contributed by atoms with van der Waals surface area (Å²) in [5.74, 6) is 0.345. The van der Waals surface area contributed by atoms with Crippen molar-refractivity contribution in [2.24, 2.45) is 0 Å². The minimum Gasteiger partial charge on any atom is -0.457 e. The zero-order chi connectivity index (χ0) is 18.8. The number of halogens is 1. The Balaban J connectivity index is 1.87. The molecule has 0 aliphatic carbocycles. The van der Waals surface area contributed by atoms with Crippen molar-refractivity contribution in [3.05, 3.63) is 69.0 Å². The average Bonchev–Trinajstić information content (AvgIpc) is 3.15. The summed E-state index contributed by atoms with van der Waals surface area (Å²) in [5, 5.41) is 13.3. The van der Waals surface area contributed by atoms with Crippen molar-refractivity contribution in [3.8, 4) is 11.3 Å². The number of non-ortho nitro benzene ring substituents is 1. The third-order valence-electron chi connectivity index (χ3n) is 3.62. The van der Waals surface area contributed by atoms with E-state index in [1.54, 1.807) is 18.2 Å². The Morgan fingerprint density at radius 3 is 2.73 bits per heavy atom. The Hall–Kier alpha value is -3.20. The van der Waals surface area contributed by atoms with Crippen LogP contribution in [0.2, 0.25) is 0 Å². The maximum absolute atomic E-state index is 12.2. The first-order chi connectivity index (χ1) is 12.4. The fraction of sp³-hybridized carbons (Fsp3) is 0.0588. The van der Waals surface area contributed by atoms with Crippen LogP contribution in [0.1, 0.15) is 5.76 Å². The number of nitrogens with one attached hydrogen (secondary N) is 1. The van der Waals surface area contributed by atoms with Crippen LogP contribution >= 0.6 is 15.9 Å². The Labute approximate surface area is 156 Å². The van der Waals surface area contributed by atoms with Crippen molar-refractivity contribution >= 4 is 39.6 Å². The molecule has 1 aliphatic heterocycles.